The van der Waals surface area contributed by atoms with Crippen LogP contribution in [-0.4, -0.2) is 18.3 Å². The van der Waals surface area contributed by atoms with Crippen LogP contribution in [0.1, 0.15) is 11.4 Å². The van der Waals surface area contributed by atoms with Crippen LogP contribution >= 0.6 is 0 Å². The van der Waals surface area contributed by atoms with Gasteiger partial charge in [-0.05, 0) is 31.2 Å². The number of hydrogen-bond acceptors (Lipinski definition) is 3. The lowest BCUT2D eigenvalue weighted by Crippen LogP contribution is -1.89. The van der Waals surface area contributed by atoms with Crippen LogP contribution in [0.3, 0.4) is 0 Å². The molecule has 86 valence electrons. The maximum absolute atomic E-state index is 5.22. The minimum atomic E-state index is 0.761. The van der Waals surface area contributed by atoms with Crippen LogP contribution in [0.5, 0.6) is 5.75 Å². The van der Waals surface area contributed by atoms with Gasteiger partial charge in [-0.2, -0.15) is 0 Å². The summed E-state index contributed by atoms with van der Waals surface area (Å²) in [6.07, 6.45) is 1.74. The second-order valence-electron chi connectivity index (χ2n) is 3.63. The third-order valence-corrected chi connectivity index (χ3v) is 2.33. The van der Waals surface area contributed by atoms with E-state index in [2.05, 4.69) is 9.98 Å². The van der Waals surface area contributed by atoms with Gasteiger partial charge < -0.3 is 4.74 Å². The van der Waals surface area contributed by atoms with Gasteiger partial charge in [0, 0.05) is 5.69 Å². The number of nitrogens with zero attached hydrogens (tertiary/aromatic N) is 2. The Hall–Kier alpha value is -2.16. The number of hydrogen-bond donors (Lipinski definition) is 0. The van der Waals surface area contributed by atoms with Crippen molar-refractivity contribution in [2.24, 2.45) is 4.99 Å². The van der Waals surface area contributed by atoms with Crippen molar-refractivity contribution in [3.05, 3.63) is 53.9 Å². The quantitative estimate of drug-likeness (QED) is 0.753. The van der Waals surface area contributed by atoms with Crippen molar-refractivity contribution in [2.75, 3.05) is 7.11 Å². The molecule has 0 aliphatic rings. The smallest absolute Gasteiger partial charge is 0.144 e. The summed E-state index contributed by atoms with van der Waals surface area (Å²) in [4.78, 5) is 8.73. The second-order valence-corrected chi connectivity index (χ2v) is 3.63. The fourth-order valence-corrected chi connectivity index (χ4v) is 1.51. The van der Waals surface area contributed by atoms with Crippen molar-refractivity contribution in [2.45, 2.75) is 6.92 Å². The van der Waals surface area contributed by atoms with Crippen LogP contribution in [-0.2, 0) is 0 Å². The van der Waals surface area contributed by atoms with E-state index in [1.807, 2.05) is 49.4 Å². The fraction of sp³-hybridized carbons (Fsp3) is 0.143. The van der Waals surface area contributed by atoms with Crippen molar-refractivity contribution < 1.29 is 4.74 Å². The Bertz CT molecular complexity index is 535. The first-order valence-corrected chi connectivity index (χ1v) is 5.40. The number of aromatic nitrogens is 1. The Labute approximate surface area is 101 Å². The van der Waals surface area contributed by atoms with Gasteiger partial charge in [0.25, 0.3) is 0 Å². The standard InChI is InChI=1S/C14H14N2O/c1-11-6-5-7-12(16-11)10-15-13-8-3-4-9-14(13)17-2/h3-10H,1-2H3/b15-10+. The molecule has 0 aliphatic heterocycles. The molecule has 1 aromatic carbocycles. The van der Waals surface area contributed by atoms with Crippen LogP contribution in [0.2, 0.25) is 0 Å². The minimum Gasteiger partial charge on any atom is -0.494 e. The number of aliphatic imine (C=N–C) groups is 1. The average Bonchev–Trinajstić information content (AvgIpc) is 2.37. The minimum absolute atomic E-state index is 0.761. The summed E-state index contributed by atoms with van der Waals surface area (Å²) in [5, 5.41) is 0. The molecule has 3 heteroatoms. The van der Waals surface area contributed by atoms with E-state index in [4.69, 9.17) is 4.74 Å². The van der Waals surface area contributed by atoms with Crippen LogP contribution in [0.15, 0.2) is 47.5 Å². The highest BCUT2D eigenvalue weighted by molar-refractivity contribution is 5.80. The molecule has 0 aliphatic carbocycles. The first-order chi connectivity index (χ1) is 8.29. The van der Waals surface area contributed by atoms with E-state index in [9.17, 15) is 0 Å². The van der Waals surface area contributed by atoms with Crippen molar-refractivity contribution >= 4 is 11.9 Å². The van der Waals surface area contributed by atoms with E-state index < -0.39 is 0 Å². The lowest BCUT2D eigenvalue weighted by molar-refractivity contribution is 0.416. The van der Waals surface area contributed by atoms with Crippen LogP contribution in [0, 0.1) is 6.92 Å². The van der Waals surface area contributed by atoms with Crippen LogP contribution in [0.25, 0.3) is 0 Å². The molecule has 1 aromatic heterocycles. The number of methoxy groups -OCH3 is 1. The molecule has 0 saturated heterocycles. The molecular formula is C14H14N2O. The predicted molar refractivity (Wildman–Crippen MR) is 69.2 cm³/mol. The summed E-state index contributed by atoms with van der Waals surface area (Å²) in [6, 6.07) is 13.5. The molecule has 0 bridgehead atoms. The SMILES string of the molecule is COc1ccccc1/N=C/c1cccc(C)n1. The second kappa shape index (κ2) is 5.25. The van der Waals surface area contributed by atoms with E-state index in [0.717, 1.165) is 22.8 Å². The van der Waals surface area contributed by atoms with Gasteiger partial charge in [-0.1, -0.05) is 18.2 Å². The monoisotopic (exact) mass is 226 g/mol. The summed E-state index contributed by atoms with van der Waals surface area (Å²) < 4.78 is 5.22. The summed E-state index contributed by atoms with van der Waals surface area (Å²) in [5.74, 6) is 0.761. The number of rotatable bonds is 3. The molecule has 0 amide bonds. The molecule has 2 rings (SSSR count). The Balaban J connectivity index is 2.26. The molecular weight excluding hydrogens is 212 g/mol. The van der Waals surface area contributed by atoms with E-state index in [-0.39, 0.29) is 0 Å². The molecule has 0 N–H and O–H groups in total. The Morgan fingerprint density at radius 1 is 1.12 bits per heavy atom. The first-order valence-electron chi connectivity index (χ1n) is 5.40. The molecule has 17 heavy (non-hydrogen) atoms. The third kappa shape index (κ3) is 2.91. The number of ether oxygens (including phenoxy) is 1. The van der Waals surface area contributed by atoms with Gasteiger partial charge in [0.05, 0.1) is 19.0 Å². The highest BCUT2D eigenvalue weighted by Crippen LogP contribution is 2.25. The average molecular weight is 226 g/mol. The van der Waals surface area contributed by atoms with Crippen molar-refractivity contribution in [1.82, 2.24) is 4.98 Å². The van der Waals surface area contributed by atoms with Crippen molar-refractivity contribution in [3.63, 3.8) is 0 Å². The number of aryl methyl sites for hydroxylation is 1. The van der Waals surface area contributed by atoms with E-state index in [0.29, 0.717) is 0 Å². The summed E-state index contributed by atoms with van der Waals surface area (Å²) in [5.41, 5.74) is 2.63. The molecule has 1 heterocycles. The molecule has 0 spiro atoms. The molecule has 2 aromatic rings. The zero-order valence-corrected chi connectivity index (χ0v) is 9.92. The van der Waals surface area contributed by atoms with E-state index in [1.54, 1.807) is 13.3 Å². The predicted octanol–water partition coefficient (Wildman–Crippen LogP) is 3.15. The Morgan fingerprint density at radius 3 is 2.71 bits per heavy atom. The molecule has 0 unspecified atom stereocenters. The number of pyridine rings is 1. The maximum Gasteiger partial charge on any atom is 0.144 e. The third-order valence-electron chi connectivity index (χ3n) is 2.33. The summed E-state index contributed by atoms with van der Waals surface area (Å²) in [6.45, 7) is 1.96. The lowest BCUT2D eigenvalue weighted by Gasteiger charge is -2.02. The van der Waals surface area contributed by atoms with Crippen LogP contribution in [0.4, 0.5) is 5.69 Å². The molecule has 0 fully saturated rings. The maximum atomic E-state index is 5.22. The van der Waals surface area contributed by atoms with Crippen molar-refractivity contribution in [3.8, 4) is 5.75 Å². The summed E-state index contributed by atoms with van der Waals surface area (Å²) in [7, 11) is 1.64. The molecule has 0 saturated carbocycles. The Morgan fingerprint density at radius 2 is 1.94 bits per heavy atom. The van der Waals surface area contributed by atoms with Gasteiger partial charge in [-0.15, -0.1) is 0 Å². The topological polar surface area (TPSA) is 34.5 Å². The first kappa shape index (κ1) is 11.3. The lowest BCUT2D eigenvalue weighted by atomic mass is 10.3. The van der Waals surface area contributed by atoms with Gasteiger partial charge in [-0.3, -0.25) is 9.98 Å². The number of para-hydroxylation sites is 2. The van der Waals surface area contributed by atoms with Gasteiger partial charge in [0.1, 0.15) is 11.4 Å². The van der Waals surface area contributed by atoms with Crippen LogP contribution < -0.4 is 4.74 Å². The largest absolute Gasteiger partial charge is 0.494 e. The van der Waals surface area contributed by atoms with E-state index >= 15 is 0 Å². The van der Waals surface area contributed by atoms with Gasteiger partial charge >= 0.3 is 0 Å². The van der Waals surface area contributed by atoms with Crippen molar-refractivity contribution in [1.29, 1.82) is 0 Å². The molecule has 0 atom stereocenters. The highest BCUT2D eigenvalue weighted by Gasteiger charge is 1.98. The highest BCUT2D eigenvalue weighted by atomic mass is 16.5. The Kier molecular flexibility index (Phi) is 3.50. The van der Waals surface area contributed by atoms with Gasteiger partial charge in [-0.25, -0.2) is 0 Å². The van der Waals surface area contributed by atoms with Gasteiger partial charge in [0.2, 0.25) is 0 Å². The fourth-order valence-electron chi connectivity index (χ4n) is 1.51. The molecule has 3 nitrogen and oxygen atoms in total. The normalized spacial score (nSPS) is 10.7. The zero-order valence-electron chi connectivity index (χ0n) is 9.92. The zero-order chi connectivity index (χ0) is 12.1. The van der Waals surface area contributed by atoms with E-state index in [1.165, 1.54) is 0 Å². The summed E-state index contributed by atoms with van der Waals surface area (Å²) >= 11 is 0. The number of benzene rings is 1. The molecule has 0 radical (unpaired) electrons. The van der Waals surface area contributed by atoms with Gasteiger partial charge in [0.15, 0.2) is 0 Å².